The number of rotatable bonds is 11. The van der Waals surface area contributed by atoms with E-state index in [0.717, 1.165) is 44.1 Å². The number of carbonyl (C=O) groups is 3. The SMILES string of the molecule is CCC(=O)CCCCC[C@H](NC(=O)[C@H]1CC12CCN(C(=O)OC(C)(C)C)CC2)c1ncc(-c2ccc(Cl)cc2)o1. The van der Waals surface area contributed by atoms with Gasteiger partial charge in [-0.05, 0) is 82.6 Å². The number of carbonyl (C=O) groups excluding carboxylic acids is 3. The number of amides is 2. The monoisotopic (exact) mass is 571 g/mol. The number of benzene rings is 1. The van der Waals surface area contributed by atoms with Gasteiger partial charge in [0.15, 0.2) is 5.76 Å². The van der Waals surface area contributed by atoms with Gasteiger partial charge in [0.2, 0.25) is 11.8 Å². The Labute approximate surface area is 242 Å². The second kappa shape index (κ2) is 12.8. The molecule has 1 aliphatic heterocycles. The van der Waals surface area contributed by atoms with Crippen LogP contribution < -0.4 is 5.32 Å². The molecule has 0 unspecified atom stereocenters. The highest BCUT2D eigenvalue weighted by atomic mass is 35.5. The minimum Gasteiger partial charge on any atom is -0.444 e. The van der Waals surface area contributed by atoms with Crippen molar-refractivity contribution in [3.8, 4) is 11.3 Å². The van der Waals surface area contributed by atoms with Crippen LogP contribution in [0.4, 0.5) is 4.79 Å². The van der Waals surface area contributed by atoms with Crippen molar-refractivity contribution >= 4 is 29.4 Å². The Kier molecular flexibility index (Phi) is 9.60. The molecule has 40 heavy (non-hydrogen) atoms. The van der Waals surface area contributed by atoms with Crippen molar-refractivity contribution < 1.29 is 23.5 Å². The fourth-order valence-electron chi connectivity index (χ4n) is 5.48. The summed E-state index contributed by atoms with van der Waals surface area (Å²) in [6, 6.07) is 7.01. The van der Waals surface area contributed by atoms with E-state index in [0.29, 0.717) is 49.0 Å². The molecule has 0 radical (unpaired) electrons. The Balaban J connectivity index is 1.37. The van der Waals surface area contributed by atoms with Crippen molar-refractivity contribution in [3.63, 3.8) is 0 Å². The van der Waals surface area contributed by atoms with Gasteiger partial charge >= 0.3 is 6.09 Å². The van der Waals surface area contributed by atoms with Crippen LogP contribution in [0.2, 0.25) is 5.02 Å². The number of ketones is 1. The van der Waals surface area contributed by atoms with Gasteiger partial charge in [-0.2, -0.15) is 0 Å². The maximum Gasteiger partial charge on any atom is 0.410 e. The lowest BCUT2D eigenvalue weighted by Crippen LogP contribution is -2.43. The Morgan fingerprint density at radius 2 is 1.85 bits per heavy atom. The van der Waals surface area contributed by atoms with Gasteiger partial charge in [-0.1, -0.05) is 31.4 Å². The maximum atomic E-state index is 13.5. The molecule has 9 heteroatoms. The van der Waals surface area contributed by atoms with Crippen LogP contribution in [-0.2, 0) is 14.3 Å². The number of piperidine rings is 1. The molecule has 1 spiro atoms. The first kappa shape index (κ1) is 30.1. The van der Waals surface area contributed by atoms with Gasteiger partial charge in [-0.15, -0.1) is 0 Å². The van der Waals surface area contributed by atoms with E-state index < -0.39 is 5.60 Å². The first-order valence-corrected chi connectivity index (χ1v) is 14.9. The van der Waals surface area contributed by atoms with Crippen LogP contribution >= 0.6 is 11.6 Å². The normalized spacial score (nSPS) is 18.8. The van der Waals surface area contributed by atoms with Crippen LogP contribution in [0.25, 0.3) is 11.3 Å². The van der Waals surface area contributed by atoms with E-state index >= 15 is 0 Å². The molecule has 218 valence electrons. The fourth-order valence-corrected chi connectivity index (χ4v) is 5.61. The van der Waals surface area contributed by atoms with E-state index in [1.54, 1.807) is 23.2 Å². The van der Waals surface area contributed by atoms with E-state index in [1.165, 1.54) is 0 Å². The lowest BCUT2D eigenvalue weighted by Gasteiger charge is -2.34. The number of hydrogen-bond acceptors (Lipinski definition) is 6. The van der Waals surface area contributed by atoms with Gasteiger partial charge in [0.25, 0.3) is 0 Å². The molecule has 8 nitrogen and oxygen atoms in total. The molecule has 1 N–H and O–H groups in total. The number of aromatic nitrogens is 1. The summed E-state index contributed by atoms with van der Waals surface area (Å²) in [5.74, 6) is 1.32. The van der Waals surface area contributed by atoms with E-state index in [1.807, 2.05) is 39.8 Å². The topological polar surface area (TPSA) is 102 Å². The summed E-state index contributed by atoms with van der Waals surface area (Å²) >= 11 is 6.03. The highest BCUT2D eigenvalue weighted by molar-refractivity contribution is 6.30. The Hall–Kier alpha value is -2.87. The zero-order chi connectivity index (χ0) is 28.9. The summed E-state index contributed by atoms with van der Waals surface area (Å²) in [4.78, 5) is 43.9. The second-order valence-corrected chi connectivity index (χ2v) is 12.6. The number of nitrogens with one attached hydrogen (secondary N) is 1. The van der Waals surface area contributed by atoms with Crippen LogP contribution in [0.3, 0.4) is 0 Å². The largest absolute Gasteiger partial charge is 0.444 e. The van der Waals surface area contributed by atoms with Crippen molar-refractivity contribution in [1.29, 1.82) is 0 Å². The Morgan fingerprint density at radius 3 is 2.50 bits per heavy atom. The number of halogens is 1. The average Bonchev–Trinajstić information content (AvgIpc) is 3.37. The molecule has 1 saturated carbocycles. The summed E-state index contributed by atoms with van der Waals surface area (Å²) in [7, 11) is 0. The maximum absolute atomic E-state index is 13.5. The molecule has 1 aromatic heterocycles. The second-order valence-electron chi connectivity index (χ2n) is 12.2. The third-order valence-corrected chi connectivity index (χ3v) is 8.28. The van der Waals surface area contributed by atoms with Gasteiger partial charge < -0.3 is 19.4 Å². The van der Waals surface area contributed by atoms with Gasteiger partial charge in [-0.25, -0.2) is 9.78 Å². The molecule has 2 aliphatic rings. The summed E-state index contributed by atoms with van der Waals surface area (Å²) < 4.78 is 11.6. The molecule has 2 atom stereocenters. The predicted molar refractivity (Wildman–Crippen MR) is 154 cm³/mol. The van der Waals surface area contributed by atoms with Gasteiger partial charge in [0.1, 0.15) is 17.4 Å². The molecule has 1 aromatic carbocycles. The standard InChI is InChI=1S/C31H42ClN3O5/c1-5-23(36)9-7-6-8-10-25(28-33-20-26(39-28)21-11-13-22(32)14-12-21)34-27(37)24-19-31(24)15-17-35(18-16-31)29(38)40-30(2,3)4/h11-14,20,24-25H,5-10,15-19H2,1-4H3,(H,34,37)/t24-,25+/m1/s1. The van der Waals surface area contributed by atoms with Crippen molar-refractivity contribution in [2.45, 2.75) is 97.1 Å². The molecule has 4 rings (SSSR count). The first-order valence-electron chi connectivity index (χ1n) is 14.5. The molecular weight excluding hydrogens is 530 g/mol. The highest BCUT2D eigenvalue weighted by Gasteiger charge is 2.59. The highest BCUT2D eigenvalue weighted by Crippen LogP contribution is 2.59. The Morgan fingerprint density at radius 1 is 1.15 bits per heavy atom. The molecule has 2 heterocycles. The average molecular weight is 572 g/mol. The lowest BCUT2D eigenvalue weighted by molar-refractivity contribution is -0.124. The number of unbranched alkanes of at least 4 members (excludes halogenated alkanes) is 2. The third-order valence-electron chi connectivity index (χ3n) is 8.03. The predicted octanol–water partition coefficient (Wildman–Crippen LogP) is 7.12. The van der Waals surface area contributed by atoms with E-state index in [4.69, 9.17) is 20.8 Å². The summed E-state index contributed by atoms with van der Waals surface area (Å²) in [6.07, 6.45) is 8.24. The number of hydrogen-bond donors (Lipinski definition) is 1. The molecule has 2 aromatic rings. The van der Waals surface area contributed by atoms with Crippen LogP contribution in [0.5, 0.6) is 0 Å². The number of ether oxygens (including phenoxy) is 1. The third kappa shape index (κ3) is 7.87. The summed E-state index contributed by atoms with van der Waals surface area (Å²) in [5, 5.41) is 3.87. The quantitative estimate of drug-likeness (QED) is 0.288. The minimum absolute atomic E-state index is 0.0168. The van der Waals surface area contributed by atoms with Crippen LogP contribution in [-0.4, -0.2) is 46.4 Å². The van der Waals surface area contributed by atoms with Crippen LogP contribution in [0.15, 0.2) is 34.9 Å². The molecule has 0 bridgehead atoms. The van der Waals surface area contributed by atoms with Gasteiger partial charge in [-0.3, -0.25) is 9.59 Å². The molecule has 1 saturated heterocycles. The van der Waals surface area contributed by atoms with E-state index in [9.17, 15) is 14.4 Å². The number of likely N-dealkylation sites (tertiary alicyclic amines) is 1. The number of nitrogens with zero attached hydrogens (tertiary/aromatic N) is 2. The van der Waals surface area contributed by atoms with E-state index in [-0.39, 0.29) is 35.2 Å². The van der Waals surface area contributed by atoms with Crippen molar-refractivity contribution in [1.82, 2.24) is 15.2 Å². The molecular formula is C31H42ClN3O5. The van der Waals surface area contributed by atoms with Crippen LogP contribution in [0, 0.1) is 11.3 Å². The minimum atomic E-state index is -0.526. The number of Topliss-reactive ketones (excluding diaryl/α,β-unsaturated/α-hetero) is 1. The van der Waals surface area contributed by atoms with Crippen LogP contribution in [0.1, 0.15) is 97.4 Å². The van der Waals surface area contributed by atoms with Gasteiger partial charge in [0, 0.05) is 42.4 Å². The summed E-state index contributed by atoms with van der Waals surface area (Å²) in [6.45, 7) is 8.69. The zero-order valence-corrected chi connectivity index (χ0v) is 24.9. The summed E-state index contributed by atoms with van der Waals surface area (Å²) in [5.41, 5.74) is 0.282. The fraction of sp³-hybridized carbons (Fsp3) is 0.613. The number of oxazole rings is 1. The van der Waals surface area contributed by atoms with Crippen molar-refractivity contribution in [2.24, 2.45) is 11.3 Å². The van der Waals surface area contributed by atoms with E-state index in [2.05, 4.69) is 10.3 Å². The lowest BCUT2D eigenvalue weighted by atomic mass is 9.90. The van der Waals surface area contributed by atoms with Crippen molar-refractivity contribution in [3.05, 3.63) is 41.4 Å². The molecule has 2 amide bonds. The molecule has 2 fully saturated rings. The Bertz CT molecular complexity index is 1180. The zero-order valence-electron chi connectivity index (χ0n) is 24.1. The smallest absolute Gasteiger partial charge is 0.410 e. The van der Waals surface area contributed by atoms with Crippen molar-refractivity contribution in [2.75, 3.05) is 13.1 Å². The van der Waals surface area contributed by atoms with Gasteiger partial charge in [0.05, 0.1) is 6.20 Å². The molecule has 1 aliphatic carbocycles. The first-order chi connectivity index (χ1) is 19.0.